The van der Waals surface area contributed by atoms with Crippen molar-refractivity contribution in [2.75, 3.05) is 10.6 Å². The van der Waals surface area contributed by atoms with Crippen LogP contribution in [-0.4, -0.2) is 37.8 Å². The minimum atomic E-state index is -3.73. The van der Waals surface area contributed by atoms with Gasteiger partial charge < -0.3 is 0 Å². The van der Waals surface area contributed by atoms with E-state index < -0.39 is 26.9 Å². The number of nitrogens with zero attached hydrogens (tertiary/aromatic N) is 3. The number of rotatable bonds is 7. The SMILES string of the molecule is C[C@@H](C(=O)N/N=C\c1ccccc1[N+](=O)[O-])N(c1ccccc1)S(C)(=O)=O. The smallest absolute Gasteiger partial charge is 0.271 e. The van der Waals surface area contributed by atoms with Crippen LogP contribution >= 0.6 is 0 Å². The number of carbonyl (C=O) groups excluding carboxylic acids is 1. The molecule has 0 aliphatic carbocycles. The maximum absolute atomic E-state index is 12.3. The van der Waals surface area contributed by atoms with Gasteiger partial charge in [0.1, 0.15) is 6.04 Å². The van der Waals surface area contributed by atoms with Gasteiger partial charge in [0.05, 0.1) is 28.6 Å². The van der Waals surface area contributed by atoms with Crippen molar-refractivity contribution in [1.29, 1.82) is 0 Å². The van der Waals surface area contributed by atoms with Crippen LogP contribution < -0.4 is 9.73 Å². The minimum absolute atomic E-state index is 0.161. The number of hydrazone groups is 1. The van der Waals surface area contributed by atoms with Crippen molar-refractivity contribution in [3.8, 4) is 0 Å². The first kappa shape index (κ1) is 20.0. The largest absolute Gasteiger partial charge is 0.278 e. The first-order valence-electron chi connectivity index (χ1n) is 7.82. The molecule has 0 bridgehead atoms. The number of para-hydroxylation sites is 2. The number of benzene rings is 2. The lowest BCUT2D eigenvalue weighted by molar-refractivity contribution is -0.385. The van der Waals surface area contributed by atoms with Gasteiger partial charge in [-0.05, 0) is 25.1 Å². The minimum Gasteiger partial charge on any atom is -0.271 e. The molecule has 0 aromatic heterocycles. The highest BCUT2D eigenvalue weighted by atomic mass is 32.2. The molecule has 0 aliphatic rings. The highest BCUT2D eigenvalue weighted by Crippen LogP contribution is 2.20. The Morgan fingerprint density at radius 2 is 1.78 bits per heavy atom. The van der Waals surface area contributed by atoms with Crippen molar-refractivity contribution in [3.05, 3.63) is 70.3 Å². The molecule has 0 aliphatic heterocycles. The van der Waals surface area contributed by atoms with Crippen LogP contribution in [0.4, 0.5) is 11.4 Å². The van der Waals surface area contributed by atoms with Crippen molar-refractivity contribution in [3.63, 3.8) is 0 Å². The molecule has 142 valence electrons. The van der Waals surface area contributed by atoms with E-state index >= 15 is 0 Å². The summed E-state index contributed by atoms with van der Waals surface area (Å²) in [5.41, 5.74) is 2.60. The quantitative estimate of drug-likeness (QED) is 0.439. The molecule has 0 fully saturated rings. The molecule has 9 nitrogen and oxygen atoms in total. The summed E-state index contributed by atoms with van der Waals surface area (Å²) in [4.78, 5) is 22.8. The maximum atomic E-state index is 12.3. The molecule has 2 aromatic carbocycles. The summed E-state index contributed by atoms with van der Waals surface area (Å²) < 4.78 is 25.2. The van der Waals surface area contributed by atoms with Crippen molar-refractivity contribution >= 4 is 33.5 Å². The topological polar surface area (TPSA) is 122 Å². The standard InChI is InChI=1S/C17H18N4O5S/c1-13(20(27(2,25)26)15-9-4-3-5-10-15)17(22)19-18-12-14-8-6-7-11-16(14)21(23)24/h3-13H,1-2H3,(H,19,22)/b18-12-/t13-/m0/s1. The van der Waals surface area contributed by atoms with Crippen LogP contribution in [0.3, 0.4) is 0 Å². The number of hydrogen-bond donors (Lipinski definition) is 1. The van der Waals surface area contributed by atoms with Gasteiger partial charge in [-0.2, -0.15) is 5.10 Å². The summed E-state index contributed by atoms with van der Waals surface area (Å²) in [5, 5.41) is 14.7. The summed E-state index contributed by atoms with van der Waals surface area (Å²) in [5.74, 6) is -0.681. The Hall–Kier alpha value is -3.27. The van der Waals surface area contributed by atoms with E-state index in [1.807, 2.05) is 0 Å². The van der Waals surface area contributed by atoms with E-state index in [4.69, 9.17) is 0 Å². The van der Waals surface area contributed by atoms with Crippen molar-refractivity contribution < 1.29 is 18.1 Å². The lowest BCUT2D eigenvalue weighted by atomic mass is 10.2. The van der Waals surface area contributed by atoms with E-state index in [2.05, 4.69) is 10.5 Å². The number of carbonyl (C=O) groups is 1. The third-order valence-corrected chi connectivity index (χ3v) is 4.85. The molecule has 0 radical (unpaired) electrons. The van der Waals surface area contributed by atoms with Gasteiger partial charge in [0.2, 0.25) is 10.0 Å². The Balaban J connectivity index is 2.18. The third-order valence-electron chi connectivity index (χ3n) is 3.61. The van der Waals surface area contributed by atoms with Gasteiger partial charge >= 0.3 is 0 Å². The molecular formula is C17H18N4O5S. The second kappa shape index (κ2) is 8.41. The Morgan fingerprint density at radius 1 is 1.19 bits per heavy atom. The number of anilines is 1. The summed E-state index contributed by atoms with van der Waals surface area (Å²) >= 11 is 0. The summed E-state index contributed by atoms with van der Waals surface area (Å²) in [6, 6.07) is 13.0. The van der Waals surface area contributed by atoms with Crippen LogP contribution in [0.1, 0.15) is 12.5 Å². The first-order chi connectivity index (χ1) is 12.7. The van der Waals surface area contributed by atoms with E-state index in [0.29, 0.717) is 5.69 Å². The molecule has 10 heteroatoms. The van der Waals surface area contributed by atoms with E-state index in [1.54, 1.807) is 36.4 Å². The van der Waals surface area contributed by atoms with Crippen molar-refractivity contribution in [2.24, 2.45) is 5.10 Å². The van der Waals surface area contributed by atoms with Gasteiger partial charge in [-0.15, -0.1) is 0 Å². The number of nitro groups is 1. The lowest BCUT2D eigenvalue weighted by Crippen LogP contribution is -2.46. The zero-order chi connectivity index (χ0) is 20.0. The third kappa shape index (κ3) is 5.11. The Bertz CT molecular complexity index is 960. The fraction of sp³-hybridized carbons (Fsp3) is 0.176. The Morgan fingerprint density at radius 3 is 2.37 bits per heavy atom. The van der Waals surface area contributed by atoms with Gasteiger partial charge in [0.25, 0.3) is 11.6 Å². The highest BCUT2D eigenvalue weighted by Gasteiger charge is 2.28. The molecule has 0 saturated heterocycles. The molecule has 0 saturated carbocycles. The van der Waals surface area contributed by atoms with Gasteiger partial charge in [-0.1, -0.05) is 30.3 Å². The normalized spacial score (nSPS) is 12.5. The second-order valence-corrected chi connectivity index (χ2v) is 7.48. The van der Waals surface area contributed by atoms with Crippen LogP contribution in [0.15, 0.2) is 59.7 Å². The second-order valence-electron chi connectivity index (χ2n) is 5.62. The van der Waals surface area contributed by atoms with E-state index in [9.17, 15) is 23.3 Å². The summed E-state index contributed by atoms with van der Waals surface area (Å²) in [6.07, 6.45) is 2.14. The Labute approximate surface area is 156 Å². The molecule has 1 amide bonds. The van der Waals surface area contributed by atoms with Gasteiger partial charge in [-0.3, -0.25) is 19.2 Å². The zero-order valence-corrected chi connectivity index (χ0v) is 15.5. The predicted molar refractivity (Wildman–Crippen MR) is 102 cm³/mol. The first-order valence-corrected chi connectivity index (χ1v) is 9.67. The Kier molecular flexibility index (Phi) is 6.24. The van der Waals surface area contributed by atoms with Gasteiger partial charge in [0.15, 0.2) is 0 Å². The lowest BCUT2D eigenvalue weighted by Gasteiger charge is -2.27. The molecule has 2 aromatic rings. The number of amides is 1. The van der Waals surface area contributed by atoms with E-state index in [1.165, 1.54) is 25.1 Å². The van der Waals surface area contributed by atoms with Crippen LogP contribution in [0.5, 0.6) is 0 Å². The molecule has 1 atom stereocenters. The average Bonchev–Trinajstić information content (AvgIpc) is 2.61. The van der Waals surface area contributed by atoms with Gasteiger partial charge in [0, 0.05) is 6.07 Å². The average molecular weight is 390 g/mol. The predicted octanol–water partition coefficient (Wildman–Crippen LogP) is 1.90. The number of nitro benzene ring substituents is 1. The fourth-order valence-electron chi connectivity index (χ4n) is 2.41. The maximum Gasteiger partial charge on any atom is 0.278 e. The van der Waals surface area contributed by atoms with Crippen molar-refractivity contribution in [2.45, 2.75) is 13.0 Å². The van der Waals surface area contributed by atoms with Crippen LogP contribution in [-0.2, 0) is 14.8 Å². The molecule has 0 heterocycles. The zero-order valence-electron chi connectivity index (χ0n) is 14.6. The molecule has 2 rings (SSSR count). The summed E-state index contributed by atoms with van der Waals surface area (Å²) in [7, 11) is -3.73. The van der Waals surface area contributed by atoms with E-state index in [0.717, 1.165) is 16.8 Å². The summed E-state index contributed by atoms with van der Waals surface area (Å²) in [6.45, 7) is 1.42. The van der Waals surface area contributed by atoms with Crippen LogP contribution in [0, 0.1) is 10.1 Å². The number of sulfonamides is 1. The molecule has 0 unspecified atom stereocenters. The van der Waals surface area contributed by atoms with E-state index in [-0.39, 0.29) is 11.3 Å². The highest BCUT2D eigenvalue weighted by molar-refractivity contribution is 7.92. The molecule has 0 spiro atoms. The number of hydrogen-bond acceptors (Lipinski definition) is 6. The van der Waals surface area contributed by atoms with Crippen molar-refractivity contribution in [1.82, 2.24) is 5.43 Å². The molecule has 27 heavy (non-hydrogen) atoms. The fourth-order valence-corrected chi connectivity index (χ4v) is 3.58. The van der Waals surface area contributed by atoms with Crippen LogP contribution in [0.2, 0.25) is 0 Å². The monoisotopic (exact) mass is 390 g/mol. The molecular weight excluding hydrogens is 372 g/mol. The van der Waals surface area contributed by atoms with Crippen LogP contribution in [0.25, 0.3) is 0 Å². The van der Waals surface area contributed by atoms with Gasteiger partial charge in [-0.25, -0.2) is 13.8 Å². The molecule has 1 N–H and O–H groups in total. The number of nitrogens with one attached hydrogen (secondary N) is 1.